The number of carbonyl (C=O) groups is 1. The lowest BCUT2D eigenvalue weighted by molar-refractivity contribution is -0.0858. The Balaban J connectivity index is 2.24. The highest BCUT2D eigenvalue weighted by Gasteiger charge is 2.29. The van der Waals surface area contributed by atoms with Gasteiger partial charge in [0.1, 0.15) is 5.82 Å². The van der Waals surface area contributed by atoms with Crippen LogP contribution in [0, 0.1) is 0 Å². The van der Waals surface area contributed by atoms with Crippen molar-refractivity contribution in [1.82, 2.24) is 9.88 Å². The summed E-state index contributed by atoms with van der Waals surface area (Å²) in [6.45, 7) is 5.34. The molecule has 0 radical (unpaired) electrons. The lowest BCUT2D eigenvalue weighted by Crippen LogP contribution is -2.50. The first kappa shape index (κ1) is 16.2. The second kappa shape index (κ2) is 7.20. The lowest BCUT2D eigenvalue weighted by atomic mass is 10.1. The Morgan fingerprint density at radius 3 is 3.05 bits per heavy atom. The third-order valence-electron chi connectivity index (χ3n) is 3.25. The van der Waals surface area contributed by atoms with Crippen LogP contribution in [0.1, 0.15) is 24.2 Å². The first-order valence-electron chi connectivity index (χ1n) is 7.00. The van der Waals surface area contributed by atoms with Crippen LogP contribution in [-0.2, 0) is 4.74 Å². The van der Waals surface area contributed by atoms with E-state index in [-0.39, 0.29) is 24.7 Å². The number of ether oxygens (including phenoxy) is 1. The number of pyridine rings is 1. The molecule has 21 heavy (non-hydrogen) atoms. The monoisotopic (exact) mass is 357 g/mol. The van der Waals surface area contributed by atoms with E-state index in [0.717, 1.165) is 4.47 Å². The van der Waals surface area contributed by atoms with Crippen LogP contribution < -0.4 is 5.32 Å². The topological polar surface area (TPSA) is 74.7 Å². The van der Waals surface area contributed by atoms with Crippen molar-refractivity contribution in [2.24, 2.45) is 0 Å². The SMILES string of the molecule is CCNc1ncc(Br)cc1C(=O)N1CC(C)OC(CO)C1. The first-order chi connectivity index (χ1) is 10.0. The zero-order valence-corrected chi connectivity index (χ0v) is 13.8. The van der Waals surface area contributed by atoms with Crippen LogP contribution in [0.4, 0.5) is 5.82 Å². The normalized spacial score (nSPS) is 22.2. The van der Waals surface area contributed by atoms with E-state index >= 15 is 0 Å². The molecule has 2 atom stereocenters. The van der Waals surface area contributed by atoms with Crippen molar-refractivity contribution in [2.45, 2.75) is 26.1 Å². The predicted molar refractivity (Wildman–Crippen MR) is 83.4 cm³/mol. The number of aliphatic hydroxyl groups excluding tert-OH is 1. The van der Waals surface area contributed by atoms with E-state index in [1.54, 1.807) is 17.2 Å². The fraction of sp³-hybridized carbons (Fsp3) is 0.571. The summed E-state index contributed by atoms with van der Waals surface area (Å²) in [5.74, 6) is 0.471. The largest absolute Gasteiger partial charge is 0.394 e. The fourth-order valence-corrected chi connectivity index (χ4v) is 2.72. The van der Waals surface area contributed by atoms with Gasteiger partial charge in [0.05, 0.1) is 24.4 Å². The number of halogens is 1. The van der Waals surface area contributed by atoms with Crippen molar-refractivity contribution in [2.75, 3.05) is 31.6 Å². The van der Waals surface area contributed by atoms with Crippen molar-refractivity contribution in [1.29, 1.82) is 0 Å². The number of amides is 1. The number of anilines is 1. The van der Waals surface area contributed by atoms with E-state index in [1.165, 1.54) is 0 Å². The Kier molecular flexibility index (Phi) is 5.55. The van der Waals surface area contributed by atoms with Crippen molar-refractivity contribution < 1.29 is 14.6 Å². The van der Waals surface area contributed by atoms with Gasteiger partial charge in [-0.25, -0.2) is 4.98 Å². The average molecular weight is 358 g/mol. The molecule has 116 valence electrons. The highest BCUT2D eigenvalue weighted by atomic mass is 79.9. The summed E-state index contributed by atoms with van der Waals surface area (Å²) in [4.78, 5) is 18.7. The summed E-state index contributed by atoms with van der Waals surface area (Å²) in [6.07, 6.45) is 1.23. The molecule has 1 aliphatic rings. The van der Waals surface area contributed by atoms with Crippen LogP contribution >= 0.6 is 15.9 Å². The number of hydrogen-bond donors (Lipinski definition) is 2. The van der Waals surface area contributed by atoms with Crippen molar-refractivity contribution in [3.8, 4) is 0 Å². The van der Waals surface area contributed by atoms with Crippen molar-refractivity contribution in [3.63, 3.8) is 0 Å². The van der Waals surface area contributed by atoms with Crippen molar-refractivity contribution >= 4 is 27.7 Å². The second-order valence-electron chi connectivity index (χ2n) is 5.04. The number of rotatable bonds is 4. The number of aromatic nitrogens is 1. The van der Waals surface area contributed by atoms with Gasteiger partial charge in [0.25, 0.3) is 5.91 Å². The minimum atomic E-state index is -0.333. The molecule has 6 nitrogen and oxygen atoms in total. The molecule has 1 saturated heterocycles. The minimum absolute atomic E-state index is 0.0923. The molecule has 1 amide bonds. The summed E-state index contributed by atoms with van der Waals surface area (Å²) in [5, 5.41) is 12.4. The number of nitrogens with zero attached hydrogens (tertiary/aromatic N) is 2. The van der Waals surface area contributed by atoms with Gasteiger partial charge in [0.2, 0.25) is 0 Å². The van der Waals surface area contributed by atoms with Crippen LogP contribution in [-0.4, -0.2) is 59.3 Å². The van der Waals surface area contributed by atoms with Crippen LogP contribution in [0.3, 0.4) is 0 Å². The van der Waals surface area contributed by atoms with E-state index < -0.39 is 0 Å². The molecule has 1 aliphatic heterocycles. The van der Waals surface area contributed by atoms with Gasteiger partial charge in [-0.05, 0) is 35.8 Å². The van der Waals surface area contributed by atoms with E-state index in [4.69, 9.17) is 4.74 Å². The van der Waals surface area contributed by atoms with Gasteiger partial charge in [0.15, 0.2) is 0 Å². The maximum Gasteiger partial charge on any atom is 0.257 e. The number of carbonyl (C=O) groups excluding carboxylic acids is 1. The molecule has 0 aliphatic carbocycles. The number of morpholine rings is 1. The summed E-state index contributed by atoms with van der Waals surface area (Å²) in [5.41, 5.74) is 0.525. The summed E-state index contributed by atoms with van der Waals surface area (Å²) < 4.78 is 6.33. The van der Waals surface area contributed by atoms with E-state index in [1.807, 2.05) is 13.8 Å². The molecule has 0 aromatic carbocycles. The Labute approximate surface area is 132 Å². The Bertz CT molecular complexity index is 512. The van der Waals surface area contributed by atoms with Gasteiger partial charge in [0, 0.05) is 30.3 Å². The zero-order valence-electron chi connectivity index (χ0n) is 12.2. The van der Waals surface area contributed by atoms with E-state index in [9.17, 15) is 9.90 Å². The maximum absolute atomic E-state index is 12.7. The fourth-order valence-electron chi connectivity index (χ4n) is 2.39. The zero-order chi connectivity index (χ0) is 15.4. The summed E-state index contributed by atoms with van der Waals surface area (Å²) >= 11 is 3.35. The molecule has 0 spiro atoms. The molecule has 2 rings (SSSR count). The first-order valence-corrected chi connectivity index (χ1v) is 7.79. The molecule has 0 bridgehead atoms. The van der Waals surface area contributed by atoms with Gasteiger partial charge in [-0.15, -0.1) is 0 Å². The van der Waals surface area contributed by atoms with Gasteiger partial charge < -0.3 is 20.1 Å². The Hall–Kier alpha value is -1.18. The Morgan fingerprint density at radius 1 is 1.62 bits per heavy atom. The van der Waals surface area contributed by atoms with Crippen LogP contribution in [0.2, 0.25) is 0 Å². The smallest absolute Gasteiger partial charge is 0.257 e. The quantitative estimate of drug-likeness (QED) is 0.853. The van der Waals surface area contributed by atoms with Gasteiger partial charge >= 0.3 is 0 Å². The Morgan fingerprint density at radius 2 is 2.38 bits per heavy atom. The van der Waals surface area contributed by atoms with Crippen LogP contribution in [0.15, 0.2) is 16.7 Å². The van der Waals surface area contributed by atoms with E-state index in [2.05, 4.69) is 26.2 Å². The van der Waals surface area contributed by atoms with E-state index in [0.29, 0.717) is 31.0 Å². The summed E-state index contributed by atoms with van der Waals surface area (Å²) in [7, 11) is 0. The van der Waals surface area contributed by atoms with Crippen LogP contribution in [0.25, 0.3) is 0 Å². The second-order valence-corrected chi connectivity index (χ2v) is 5.96. The maximum atomic E-state index is 12.7. The summed E-state index contributed by atoms with van der Waals surface area (Å²) in [6, 6.07) is 1.77. The molecule has 2 unspecified atom stereocenters. The van der Waals surface area contributed by atoms with Gasteiger partial charge in [-0.2, -0.15) is 0 Å². The highest BCUT2D eigenvalue weighted by molar-refractivity contribution is 9.10. The average Bonchev–Trinajstić information content (AvgIpc) is 2.47. The molecule has 7 heteroatoms. The lowest BCUT2D eigenvalue weighted by Gasteiger charge is -2.36. The third-order valence-corrected chi connectivity index (χ3v) is 3.68. The van der Waals surface area contributed by atoms with Crippen molar-refractivity contribution in [3.05, 3.63) is 22.3 Å². The molecule has 2 N–H and O–H groups in total. The highest BCUT2D eigenvalue weighted by Crippen LogP contribution is 2.22. The number of hydrogen-bond acceptors (Lipinski definition) is 5. The van der Waals surface area contributed by atoms with Gasteiger partial charge in [-0.3, -0.25) is 4.79 Å². The molecule has 1 aromatic rings. The molecule has 1 fully saturated rings. The van der Waals surface area contributed by atoms with Crippen LogP contribution in [0.5, 0.6) is 0 Å². The third kappa shape index (κ3) is 3.93. The number of nitrogens with one attached hydrogen (secondary N) is 1. The van der Waals surface area contributed by atoms with Gasteiger partial charge in [-0.1, -0.05) is 0 Å². The molecule has 1 aromatic heterocycles. The molecular weight excluding hydrogens is 338 g/mol. The molecular formula is C14H20BrN3O3. The predicted octanol–water partition coefficient (Wildman–Crippen LogP) is 1.50. The molecule has 2 heterocycles. The number of aliphatic hydroxyl groups is 1. The minimum Gasteiger partial charge on any atom is -0.394 e. The molecule has 0 saturated carbocycles. The standard InChI is InChI=1S/C14H20BrN3O3/c1-3-16-13-12(4-10(15)5-17-13)14(20)18-6-9(2)21-11(7-18)8-19/h4-5,9,11,19H,3,6-8H2,1-2H3,(H,16,17).